The molecule has 3 amide bonds. The van der Waals surface area contributed by atoms with Gasteiger partial charge in [-0.05, 0) is 48.1 Å². The maximum atomic E-state index is 13.3. The summed E-state index contributed by atoms with van der Waals surface area (Å²) in [6.45, 7) is -0.539. The number of anilines is 1. The number of hydrogen-bond acceptors (Lipinski definition) is 5. The number of amides is 3. The van der Waals surface area contributed by atoms with E-state index in [1.807, 2.05) is 42.5 Å². The van der Waals surface area contributed by atoms with Crippen LogP contribution in [0.1, 0.15) is 12.0 Å². The highest BCUT2D eigenvalue weighted by atomic mass is 35.5. The molecule has 1 saturated carbocycles. The lowest BCUT2D eigenvalue weighted by atomic mass is 9.85. The fourth-order valence-corrected chi connectivity index (χ4v) is 5.44. The Morgan fingerprint density at radius 3 is 2.21 bits per heavy atom. The van der Waals surface area contributed by atoms with E-state index >= 15 is 0 Å². The van der Waals surface area contributed by atoms with Crippen molar-refractivity contribution in [3.05, 3.63) is 77.3 Å². The molecule has 2 bridgehead atoms. The molecule has 5 rings (SSSR count). The van der Waals surface area contributed by atoms with Gasteiger partial charge in [0.2, 0.25) is 11.8 Å². The normalized spacial score (nSPS) is 25.4. The molecule has 2 aromatic carbocycles. The first-order valence-corrected chi connectivity index (χ1v) is 11.6. The molecule has 5 atom stereocenters. The Morgan fingerprint density at radius 2 is 1.59 bits per heavy atom. The van der Waals surface area contributed by atoms with Crippen molar-refractivity contribution in [2.75, 3.05) is 11.9 Å². The van der Waals surface area contributed by atoms with Crippen LogP contribution in [-0.2, 0) is 30.3 Å². The summed E-state index contributed by atoms with van der Waals surface area (Å²) < 4.78 is 5.30. The molecule has 1 aliphatic heterocycles. The number of fused-ring (bicyclic) bond motifs is 5. The van der Waals surface area contributed by atoms with Gasteiger partial charge in [-0.15, -0.1) is 0 Å². The van der Waals surface area contributed by atoms with E-state index in [4.69, 9.17) is 16.3 Å². The highest BCUT2D eigenvalue weighted by Gasteiger charge is 2.61. The van der Waals surface area contributed by atoms with Crippen molar-refractivity contribution in [1.82, 2.24) is 4.90 Å². The Hall–Kier alpha value is -3.45. The summed E-state index contributed by atoms with van der Waals surface area (Å²) in [7, 11) is 0. The Labute approximate surface area is 201 Å². The lowest BCUT2D eigenvalue weighted by Gasteiger charge is -2.26. The molecule has 0 radical (unpaired) electrons. The van der Waals surface area contributed by atoms with Crippen molar-refractivity contribution >= 4 is 41.0 Å². The zero-order valence-electron chi connectivity index (χ0n) is 18.2. The number of benzene rings is 2. The van der Waals surface area contributed by atoms with Gasteiger partial charge in [0.1, 0.15) is 6.04 Å². The van der Waals surface area contributed by atoms with Crippen LogP contribution in [-0.4, -0.2) is 41.2 Å². The van der Waals surface area contributed by atoms with Gasteiger partial charge in [0, 0.05) is 17.1 Å². The minimum absolute atomic E-state index is 0.0370. The molecule has 0 unspecified atom stereocenters. The second-order valence-electron chi connectivity index (χ2n) is 8.91. The number of carbonyl (C=O) groups excluding carboxylic acids is 4. The molecule has 174 valence electrons. The van der Waals surface area contributed by atoms with Crippen molar-refractivity contribution < 1.29 is 23.9 Å². The maximum Gasteiger partial charge on any atom is 0.330 e. The fraction of sp³-hybridized carbons (Fsp3) is 0.308. The Balaban J connectivity index is 1.31. The van der Waals surface area contributed by atoms with Crippen LogP contribution < -0.4 is 5.32 Å². The lowest BCUT2D eigenvalue weighted by Crippen LogP contribution is -2.48. The molecule has 34 heavy (non-hydrogen) atoms. The molecule has 2 aromatic rings. The number of imide groups is 1. The van der Waals surface area contributed by atoms with Crippen LogP contribution in [0.25, 0.3) is 0 Å². The Bertz CT molecular complexity index is 1130. The number of halogens is 1. The molecular weight excluding hydrogens is 456 g/mol. The number of carbonyl (C=O) groups is 4. The molecule has 7 nitrogen and oxygen atoms in total. The zero-order valence-corrected chi connectivity index (χ0v) is 19.0. The third kappa shape index (κ3) is 4.12. The van der Waals surface area contributed by atoms with Crippen molar-refractivity contribution in [3.63, 3.8) is 0 Å². The number of nitrogens with zero attached hydrogens (tertiary/aromatic N) is 1. The monoisotopic (exact) mass is 478 g/mol. The van der Waals surface area contributed by atoms with Crippen molar-refractivity contribution in [2.45, 2.75) is 18.9 Å². The standard InChI is InChI=1S/C26H23ClN2O5/c27-18-8-10-19(11-9-18)28-21(30)14-34-26(33)20(12-15-4-2-1-3-5-15)29-24(31)22-16-6-7-17(13-16)23(22)25(29)32/h1-11,16-17,20,22-23H,12-14H2,(H,28,30)/t16-,17-,20+,22-,23+/m0/s1. The summed E-state index contributed by atoms with van der Waals surface area (Å²) in [4.78, 5) is 53.2. The van der Waals surface area contributed by atoms with Gasteiger partial charge in [-0.1, -0.05) is 54.1 Å². The minimum atomic E-state index is -1.13. The fourth-order valence-electron chi connectivity index (χ4n) is 5.31. The zero-order chi connectivity index (χ0) is 23.8. The van der Waals surface area contributed by atoms with Crippen LogP contribution in [0.2, 0.25) is 5.02 Å². The number of likely N-dealkylation sites (tertiary alicyclic amines) is 1. The number of esters is 1. The molecule has 1 saturated heterocycles. The van der Waals surface area contributed by atoms with E-state index in [0.717, 1.165) is 16.9 Å². The van der Waals surface area contributed by atoms with E-state index in [2.05, 4.69) is 5.32 Å². The summed E-state index contributed by atoms with van der Waals surface area (Å²) >= 11 is 5.85. The van der Waals surface area contributed by atoms with E-state index in [1.165, 1.54) is 0 Å². The molecule has 0 spiro atoms. The van der Waals surface area contributed by atoms with Crippen LogP contribution in [0.15, 0.2) is 66.7 Å². The summed E-state index contributed by atoms with van der Waals surface area (Å²) in [6.07, 6.45) is 4.94. The average Bonchev–Trinajstić information content (AvgIpc) is 3.52. The SMILES string of the molecule is O=C(COC(=O)[C@@H](Cc1ccccc1)N1C(=O)[C@@H]2[C@H](C1=O)[C@H]1C=C[C@H]2C1)Nc1ccc(Cl)cc1. The summed E-state index contributed by atoms with van der Waals surface area (Å²) in [5, 5.41) is 3.15. The minimum Gasteiger partial charge on any atom is -0.454 e. The van der Waals surface area contributed by atoms with Crippen LogP contribution in [0, 0.1) is 23.7 Å². The van der Waals surface area contributed by atoms with Crippen molar-refractivity contribution in [3.8, 4) is 0 Å². The van der Waals surface area contributed by atoms with Gasteiger partial charge in [0.15, 0.2) is 6.61 Å². The van der Waals surface area contributed by atoms with E-state index in [1.54, 1.807) is 24.3 Å². The molecule has 1 N–H and O–H groups in total. The number of nitrogens with one attached hydrogen (secondary N) is 1. The second-order valence-corrected chi connectivity index (χ2v) is 9.35. The van der Waals surface area contributed by atoms with Gasteiger partial charge in [-0.2, -0.15) is 0 Å². The lowest BCUT2D eigenvalue weighted by molar-refractivity contribution is -0.160. The van der Waals surface area contributed by atoms with E-state index in [0.29, 0.717) is 10.7 Å². The number of ether oxygens (including phenoxy) is 1. The highest BCUT2D eigenvalue weighted by molar-refractivity contribution is 6.30. The number of hydrogen-bond donors (Lipinski definition) is 1. The summed E-state index contributed by atoms with van der Waals surface area (Å²) in [5.41, 5.74) is 1.29. The predicted molar refractivity (Wildman–Crippen MR) is 125 cm³/mol. The average molecular weight is 479 g/mol. The molecule has 0 aromatic heterocycles. The first-order chi connectivity index (χ1) is 16.4. The molecular formula is C26H23ClN2O5. The molecule has 2 fully saturated rings. The van der Waals surface area contributed by atoms with Gasteiger partial charge >= 0.3 is 5.97 Å². The van der Waals surface area contributed by atoms with Gasteiger partial charge in [-0.3, -0.25) is 19.3 Å². The number of rotatable bonds is 7. The second kappa shape index (κ2) is 9.06. The quantitative estimate of drug-likeness (QED) is 0.374. The Kier molecular flexibility index (Phi) is 5.96. The van der Waals surface area contributed by atoms with Crippen LogP contribution in [0.3, 0.4) is 0 Å². The summed E-state index contributed by atoms with van der Waals surface area (Å²) in [6, 6.07) is 14.5. The van der Waals surface area contributed by atoms with Crippen molar-refractivity contribution in [2.24, 2.45) is 23.7 Å². The first kappa shape index (κ1) is 22.3. The molecule has 1 heterocycles. The first-order valence-electron chi connectivity index (χ1n) is 11.2. The number of allylic oxidation sites excluding steroid dienone is 2. The predicted octanol–water partition coefficient (Wildman–Crippen LogP) is 3.24. The third-order valence-electron chi connectivity index (χ3n) is 6.83. The highest BCUT2D eigenvalue weighted by Crippen LogP contribution is 2.53. The third-order valence-corrected chi connectivity index (χ3v) is 7.09. The van der Waals surface area contributed by atoms with Gasteiger partial charge in [-0.25, -0.2) is 4.79 Å². The van der Waals surface area contributed by atoms with Gasteiger partial charge < -0.3 is 10.1 Å². The largest absolute Gasteiger partial charge is 0.454 e. The molecule has 3 aliphatic rings. The van der Waals surface area contributed by atoms with Crippen LogP contribution >= 0.6 is 11.6 Å². The smallest absolute Gasteiger partial charge is 0.330 e. The van der Waals surface area contributed by atoms with E-state index in [9.17, 15) is 19.2 Å². The topological polar surface area (TPSA) is 92.8 Å². The van der Waals surface area contributed by atoms with E-state index in [-0.39, 0.29) is 30.1 Å². The van der Waals surface area contributed by atoms with Gasteiger partial charge in [0.05, 0.1) is 11.8 Å². The Morgan fingerprint density at radius 1 is 0.971 bits per heavy atom. The molecule has 8 heteroatoms. The van der Waals surface area contributed by atoms with Crippen LogP contribution in [0.5, 0.6) is 0 Å². The maximum absolute atomic E-state index is 13.3. The van der Waals surface area contributed by atoms with Gasteiger partial charge in [0.25, 0.3) is 5.91 Å². The van der Waals surface area contributed by atoms with Crippen molar-refractivity contribution in [1.29, 1.82) is 0 Å². The van der Waals surface area contributed by atoms with E-state index < -0.39 is 36.4 Å². The van der Waals surface area contributed by atoms with Crippen LogP contribution in [0.4, 0.5) is 5.69 Å². The summed E-state index contributed by atoms with van der Waals surface area (Å²) in [5.74, 6) is -2.72. The molecule has 2 aliphatic carbocycles.